The van der Waals surface area contributed by atoms with Crippen LogP contribution in [0.5, 0.6) is 0 Å². The number of nitrogens with one attached hydrogen (secondary N) is 1. The van der Waals surface area contributed by atoms with Crippen LogP contribution < -0.4 is 5.32 Å². The summed E-state index contributed by atoms with van der Waals surface area (Å²) in [4.78, 5) is 0. The van der Waals surface area contributed by atoms with Gasteiger partial charge in [-0.15, -0.1) is 6.58 Å². The van der Waals surface area contributed by atoms with Gasteiger partial charge in [0.2, 0.25) is 0 Å². The van der Waals surface area contributed by atoms with Crippen molar-refractivity contribution in [1.82, 2.24) is 5.32 Å². The van der Waals surface area contributed by atoms with Crippen molar-refractivity contribution < 1.29 is 4.39 Å². The monoisotopic (exact) mass is 291 g/mol. The largest absolute Gasteiger partial charge is 0.310 e. The minimum Gasteiger partial charge on any atom is -0.310 e. The molecule has 0 heterocycles. The van der Waals surface area contributed by atoms with Crippen LogP contribution in [0.1, 0.15) is 11.6 Å². The summed E-state index contributed by atoms with van der Waals surface area (Å²) >= 11 is 2.12. The summed E-state index contributed by atoms with van der Waals surface area (Å²) in [7, 11) is 1.85. The number of hydrogen-bond donors (Lipinski definition) is 1. The van der Waals surface area contributed by atoms with Crippen LogP contribution in [0.2, 0.25) is 0 Å². The molecular formula is C10H11FIN. The molecule has 0 fully saturated rings. The molecular weight excluding hydrogens is 280 g/mol. The molecule has 1 aromatic carbocycles. The van der Waals surface area contributed by atoms with E-state index in [1.807, 2.05) is 7.05 Å². The standard InChI is InChI=1S/C10H11FIN/c1-3-10(13-2)8-5-4-7(11)6-9(8)12/h3-6,10,13H,1H2,2H3. The first-order valence-corrected chi connectivity index (χ1v) is 5.01. The maximum absolute atomic E-state index is 12.8. The normalized spacial score (nSPS) is 12.5. The molecule has 0 bridgehead atoms. The molecule has 0 aliphatic rings. The lowest BCUT2D eigenvalue weighted by Crippen LogP contribution is -2.14. The van der Waals surface area contributed by atoms with Crippen LogP contribution in [-0.4, -0.2) is 7.05 Å². The minimum absolute atomic E-state index is 0.0903. The predicted octanol–water partition coefficient (Wildman–Crippen LogP) is 2.88. The van der Waals surface area contributed by atoms with Crippen LogP contribution >= 0.6 is 22.6 Å². The van der Waals surface area contributed by atoms with Crippen molar-refractivity contribution in [2.45, 2.75) is 6.04 Å². The summed E-state index contributed by atoms with van der Waals surface area (Å²) in [6.45, 7) is 3.71. The second-order valence-corrected chi connectivity index (χ2v) is 3.83. The third kappa shape index (κ3) is 2.51. The van der Waals surface area contributed by atoms with Crippen LogP contribution in [0, 0.1) is 9.39 Å². The maximum Gasteiger partial charge on any atom is 0.124 e. The zero-order chi connectivity index (χ0) is 9.84. The number of rotatable bonds is 3. The van der Waals surface area contributed by atoms with Gasteiger partial charge in [0.05, 0.1) is 6.04 Å². The van der Waals surface area contributed by atoms with Crippen molar-refractivity contribution in [3.05, 3.63) is 45.8 Å². The Hall–Kier alpha value is -0.420. The van der Waals surface area contributed by atoms with Gasteiger partial charge in [0, 0.05) is 3.57 Å². The van der Waals surface area contributed by atoms with Gasteiger partial charge >= 0.3 is 0 Å². The molecule has 0 saturated heterocycles. The lowest BCUT2D eigenvalue weighted by molar-refractivity contribution is 0.623. The minimum atomic E-state index is -0.202. The van der Waals surface area contributed by atoms with Gasteiger partial charge in [0.1, 0.15) is 5.82 Å². The molecule has 1 N–H and O–H groups in total. The van der Waals surface area contributed by atoms with Gasteiger partial charge in [-0.3, -0.25) is 0 Å². The van der Waals surface area contributed by atoms with Crippen molar-refractivity contribution in [3.8, 4) is 0 Å². The van der Waals surface area contributed by atoms with Crippen LogP contribution in [0.25, 0.3) is 0 Å². The summed E-state index contributed by atoms with van der Waals surface area (Å²) in [5.41, 5.74) is 1.06. The highest BCUT2D eigenvalue weighted by molar-refractivity contribution is 14.1. The molecule has 0 saturated carbocycles. The second-order valence-electron chi connectivity index (χ2n) is 2.67. The highest BCUT2D eigenvalue weighted by Crippen LogP contribution is 2.21. The maximum atomic E-state index is 12.8. The van der Waals surface area contributed by atoms with Gasteiger partial charge in [-0.05, 0) is 47.3 Å². The van der Waals surface area contributed by atoms with Gasteiger partial charge in [-0.25, -0.2) is 4.39 Å². The second kappa shape index (κ2) is 4.72. The lowest BCUT2D eigenvalue weighted by atomic mass is 10.1. The molecule has 3 heteroatoms. The highest BCUT2D eigenvalue weighted by Gasteiger charge is 2.08. The van der Waals surface area contributed by atoms with Crippen molar-refractivity contribution in [1.29, 1.82) is 0 Å². The molecule has 0 radical (unpaired) electrons. The number of halogens is 2. The van der Waals surface area contributed by atoms with Gasteiger partial charge in [0.25, 0.3) is 0 Å². The Balaban J connectivity index is 3.06. The molecule has 0 aliphatic carbocycles. The number of benzene rings is 1. The van der Waals surface area contributed by atoms with Crippen molar-refractivity contribution in [2.75, 3.05) is 7.05 Å². The Kier molecular flexibility index (Phi) is 3.87. The van der Waals surface area contributed by atoms with E-state index < -0.39 is 0 Å². The average molecular weight is 291 g/mol. The molecule has 70 valence electrons. The summed E-state index contributed by atoms with van der Waals surface area (Å²) in [5, 5.41) is 3.08. The highest BCUT2D eigenvalue weighted by atomic mass is 127. The first-order valence-electron chi connectivity index (χ1n) is 3.93. The smallest absolute Gasteiger partial charge is 0.124 e. The summed E-state index contributed by atoms with van der Waals surface area (Å²) < 4.78 is 13.7. The van der Waals surface area contributed by atoms with Crippen LogP contribution in [0.3, 0.4) is 0 Å². The van der Waals surface area contributed by atoms with E-state index in [-0.39, 0.29) is 11.9 Å². The zero-order valence-electron chi connectivity index (χ0n) is 7.35. The lowest BCUT2D eigenvalue weighted by Gasteiger charge is -2.13. The summed E-state index contributed by atoms with van der Waals surface area (Å²) in [5.74, 6) is -0.202. The van der Waals surface area contributed by atoms with E-state index in [1.54, 1.807) is 12.1 Å². The fraction of sp³-hybridized carbons (Fsp3) is 0.200. The quantitative estimate of drug-likeness (QED) is 0.667. The van der Waals surface area contributed by atoms with Crippen LogP contribution in [-0.2, 0) is 0 Å². The van der Waals surface area contributed by atoms with Crippen molar-refractivity contribution >= 4 is 22.6 Å². The third-order valence-electron chi connectivity index (χ3n) is 1.84. The van der Waals surface area contributed by atoms with Crippen LogP contribution in [0.15, 0.2) is 30.9 Å². The van der Waals surface area contributed by atoms with E-state index in [2.05, 4.69) is 34.5 Å². The first-order chi connectivity index (χ1) is 6.19. The van der Waals surface area contributed by atoms with E-state index >= 15 is 0 Å². The van der Waals surface area contributed by atoms with E-state index in [1.165, 1.54) is 12.1 Å². The van der Waals surface area contributed by atoms with Crippen molar-refractivity contribution in [3.63, 3.8) is 0 Å². The van der Waals surface area contributed by atoms with E-state index in [0.717, 1.165) is 9.13 Å². The SMILES string of the molecule is C=CC(NC)c1ccc(F)cc1I. The molecule has 0 aromatic heterocycles. The summed E-state index contributed by atoms with van der Waals surface area (Å²) in [6, 6.07) is 4.85. The topological polar surface area (TPSA) is 12.0 Å². The number of likely N-dealkylation sites (N-methyl/N-ethyl adjacent to an activating group) is 1. The third-order valence-corrected chi connectivity index (χ3v) is 2.78. The fourth-order valence-electron chi connectivity index (χ4n) is 1.15. The fourth-order valence-corrected chi connectivity index (χ4v) is 1.97. The molecule has 1 aromatic rings. The van der Waals surface area contributed by atoms with Gasteiger partial charge < -0.3 is 5.32 Å². The Morgan fingerprint density at radius 1 is 1.62 bits per heavy atom. The molecule has 13 heavy (non-hydrogen) atoms. The Labute approximate surface area is 91.2 Å². The Morgan fingerprint density at radius 3 is 2.77 bits per heavy atom. The van der Waals surface area contributed by atoms with Gasteiger partial charge in [0.15, 0.2) is 0 Å². The van der Waals surface area contributed by atoms with E-state index in [9.17, 15) is 4.39 Å². The summed E-state index contributed by atoms with van der Waals surface area (Å²) in [6.07, 6.45) is 1.80. The van der Waals surface area contributed by atoms with Crippen molar-refractivity contribution in [2.24, 2.45) is 0 Å². The molecule has 1 rings (SSSR count). The first kappa shape index (κ1) is 10.7. The van der Waals surface area contributed by atoms with Gasteiger partial charge in [-0.2, -0.15) is 0 Å². The van der Waals surface area contributed by atoms with Gasteiger partial charge in [-0.1, -0.05) is 12.1 Å². The van der Waals surface area contributed by atoms with Crippen LogP contribution in [0.4, 0.5) is 4.39 Å². The average Bonchev–Trinajstić information content (AvgIpc) is 2.10. The molecule has 0 aliphatic heterocycles. The molecule has 0 spiro atoms. The predicted molar refractivity (Wildman–Crippen MR) is 61.1 cm³/mol. The molecule has 1 unspecified atom stereocenters. The molecule has 0 amide bonds. The Morgan fingerprint density at radius 2 is 2.31 bits per heavy atom. The molecule has 1 nitrogen and oxygen atoms in total. The number of hydrogen-bond acceptors (Lipinski definition) is 1. The molecule has 1 atom stereocenters. The zero-order valence-corrected chi connectivity index (χ0v) is 9.51. The van der Waals surface area contributed by atoms with E-state index in [4.69, 9.17) is 0 Å². The van der Waals surface area contributed by atoms with E-state index in [0.29, 0.717) is 0 Å². The Bertz CT molecular complexity index is 312.